The third-order valence-electron chi connectivity index (χ3n) is 4.21. The van der Waals surface area contributed by atoms with Gasteiger partial charge in [0.2, 0.25) is 5.91 Å². The molecule has 2 aromatic rings. The Morgan fingerprint density at radius 2 is 1.71 bits per heavy atom. The first-order valence-electron chi connectivity index (χ1n) is 7.92. The van der Waals surface area contributed by atoms with E-state index < -0.39 is 17.3 Å². The first-order valence-corrected chi connectivity index (χ1v) is 7.92. The Bertz CT molecular complexity index is 738. The number of nitrogens with one attached hydrogen (secondary N) is 1. The van der Waals surface area contributed by atoms with Crippen LogP contribution in [0.1, 0.15) is 12.8 Å². The number of carboxylic acids is 1. The van der Waals surface area contributed by atoms with Crippen LogP contribution in [0.4, 0.5) is 0 Å². The molecule has 0 saturated heterocycles. The second-order valence-corrected chi connectivity index (χ2v) is 5.85. The number of amides is 1. The van der Waals surface area contributed by atoms with Crippen LogP contribution in [-0.4, -0.2) is 30.1 Å². The van der Waals surface area contributed by atoms with E-state index in [0.29, 0.717) is 12.8 Å². The van der Waals surface area contributed by atoms with E-state index in [9.17, 15) is 9.59 Å². The zero-order chi connectivity index (χ0) is 17.0. The molecule has 0 aromatic heterocycles. The van der Waals surface area contributed by atoms with Crippen LogP contribution >= 0.6 is 0 Å². The van der Waals surface area contributed by atoms with Crippen molar-refractivity contribution in [2.75, 3.05) is 13.2 Å². The number of rotatable bonds is 7. The van der Waals surface area contributed by atoms with Crippen molar-refractivity contribution in [3.63, 3.8) is 0 Å². The van der Waals surface area contributed by atoms with Gasteiger partial charge in [0.15, 0.2) is 0 Å². The van der Waals surface area contributed by atoms with Gasteiger partial charge in [0.05, 0.1) is 6.54 Å². The molecule has 5 heteroatoms. The molecule has 0 bridgehead atoms. The van der Waals surface area contributed by atoms with Gasteiger partial charge in [-0.1, -0.05) is 48.5 Å². The van der Waals surface area contributed by atoms with Gasteiger partial charge in [-0.2, -0.15) is 0 Å². The highest BCUT2D eigenvalue weighted by Gasteiger charge is 2.56. The van der Waals surface area contributed by atoms with Crippen molar-refractivity contribution in [1.29, 1.82) is 0 Å². The summed E-state index contributed by atoms with van der Waals surface area (Å²) < 4.78 is 5.77. The second-order valence-electron chi connectivity index (χ2n) is 5.85. The predicted octanol–water partition coefficient (Wildman–Crippen LogP) is 2.71. The molecule has 124 valence electrons. The molecule has 1 fully saturated rings. The number of benzene rings is 2. The largest absolute Gasteiger partial charge is 0.491 e. The van der Waals surface area contributed by atoms with Crippen molar-refractivity contribution in [2.45, 2.75) is 12.8 Å². The quantitative estimate of drug-likeness (QED) is 0.606. The van der Waals surface area contributed by atoms with E-state index in [1.54, 1.807) is 0 Å². The van der Waals surface area contributed by atoms with E-state index in [-0.39, 0.29) is 13.2 Å². The number of hydrogen-bond donors (Lipinski definition) is 2. The first-order chi connectivity index (χ1) is 11.6. The van der Waals surface area contributed by atoms with Crippen molar-refractivity contribution >= 4 is 11.9 Å². The lowest BCUT2D eigenvalue weighted by atomic mass is 10.1. The Kier molecular flexibility index (Phi) is 4.51. The lowest BCUT2D eigenvalue weighted by molar-refractivity contribution is -0.149. The van der Waals surface area contributed by atoms with Gasteiger partial charge in [-0.05, 0) is 24.5 Å². The van der Waals surface area contributed by atoms with Gasteiger partial charge in [-0.25, -0.2) is 0 Å². The fourth-order valence-electron chi connectivity index (χ4n) is 2.61. The average molecular weight is 325 g/mol. The minimum Gasteiger partial charge on any atom is -0.491 e. The molecule has 0 heterocycles. The molecule has 0 spiro atoms. The maximum atomic E-state index is 11.9. The van der Waals surface area contributed by atoms with Gasteiger partial charge in [-0.3, -0.25) is 9.59 Å². The van der Waals surface area contributed by atoms with Gasteiger partial charge in [0.25, 0.3) is 0 Å². The topological polar surface area (TPSA) is 75.6 Å². The van der Waals surface area contributed by atoms with E-state index in [1.807, 2.05) is 54.6 Å². The summed E-state index contributed by atoms with van der Waals surface area (Å²) in [4.78, 5) is 23.0. The normalized spacial score (nSPS) is 14.7. The zero-order valence-electron chi connectivity index (χ0n) is 13.2. The van der Waals surface area contributed by atoms with Crippen LogP contribution in [0.15, 0.2) is 54.6 Å². The molecule has 1 saturated carbocycles. The van der Waals surface area contributed by atoms with Gasteiger partial charge < -0.3 is 15.2 Å². The minimum absolute atomic E-state index is 0.275. The van der Waals surface area contributed by atoms with Gasteiger partial charge in [-0.15, -0.1) is 0 Å². The van der Waals surface area contributed by atoms with Crippen molar-refractivity contribution in [2.24, 2.45) is 5.41 Å². The molecular formula is C19H19NO4. The van der Waals surface area contributed by atoms with Crippen LogP contribution in [0.3, 0.4) is 0 Å². The Morgan fingerprint density at radius 3 is 2.38 bits per heavy atom. The molecule has 1 amide bonds. The first kappa shape index (κ1) is 16.1. The Labute approximate surface area is 140 Å². The second kappa shape index (κ2) is 6.74. The van der Waals surface area contributed by atoms with Crippen LogP contribution in [0.5, 0.6) is 5.75 Å². The smallest absolute Gasteiger partial charge is 0.319 e. The molecule has 0 unspecified atom stereocenters. The third-order valence-corrected chi connectivity index (χ3v) is 4.21. The lowest BCUT2D eigenvalue weighted by Gasteiger charge is -2.13. The molecule has 1 aliphatic rings. The molecule has 2 aromatic carbocycles. The summed E-state index contributed by atoms with van der Waals surface area (Å²) in [7, 11) is 0. The fourth-order valence-corrected chi connectivity index (χ4v) is 2.61. The Morgan fingerprint density at radius 1 is 1.04 bits per heavy atom. The number of carboxylic acid groups (broad SMARTS) is 1. The number of hydrogen-bond acceptors (Lipinski definition) is 3. The van der Waals surface area contributed by atoms with Crippen molar-refractivity contribution in [3.05, 3.63) is 54.6 Å². The number of carbonyl (C=O) groups is 2. The van der Waals surface area contributed by atoms with Gasteiger partial charge in [0, 0.05) is 5.56 Å². The Hall–Kier alpha value is -2.82. The van der Waals surface area contributed by atoms with E-state index in [1.165, 1.54) is 0 Å². The van der Waals surface area contributed by atoms with Gasteiger partial charge in [0.1, 0.15) is 17.8 Å². The van der Waals surface area contributed by atoms with E-state index in [2.05, 4.69) is 5.32 Å². The molecule has 1 aliphatic carbocycles. The summed E-state index contributed by atoms with van der Waals surface area (Å²) >= 11 is 0. The maximum absolute atomic E-state index is 11.9. The molecular weight excluding hydrogens is 306 g/mol. The molecule has 0 atom stereocenters. The average Bonchev–Trinajstić information content (AvgIpc) is 3.42. The number of carbonyl (C=O) groups excluding carboxylic acids is 1. The van der Waals surface area contributed by atoms with Crippen LogP contribution < -0.4 is 10.1 Å². The van der Waals surface area contributed by atoms with Crippen molar-refractivity contribution in [3.8, 4) is 16.9 Å². The van der Waals surface area contributed by atoms with Crippen LogP contribution in [0, 0.1) is 5.41 Å². The van der Waals surface area contributed by atoms with Crippen LogP contribution in [-0.2, 0) is 9.59 Å². The number of ether oxygens (including phenoxy) is 1. The van der Waals surface area contributed by atoms with E-state index in [4.69, 9.17) is 9.84 Å². The fraction of sp³-hybridized carbons (Fsp3) is 0.263. The molecule has 0 aliphatic heterocycles. The summed E-state index contributed by atoms with van der Waals surface area (Å²) in [5.41, 5.74) is 0.829. The van der Waals surface area contributed by atoms with Gasteiger partial charge >= 0.3 is 5.97 Å². The zero-order valence-corrected chi connectivity index (χ0v) is 13.2. The van der Waals surface area contributed by atoms with E-state index in [0.717, 1.165) is 16.9 Å². The summed E-state index contributed by atoms with van der Waals surface area (Å²) in [6, 6.07) is 17.6. The monoisotopic (exact) mass is 325 g/mol. The summed E-state index contributed by atoms with van der Waals surface area (Å²) in [6.07, 6.45) is 0.817. The van der Waals surface area contributed by atoms with Crippen LogP contribution in [0.25, 0.3) is 11.1 Å². The molecule has 0 radical (unpaired) electrons. The van der Waals surface area contributed by atoms with Crippen molar-refractivity contribution < 1.29 is 19.4 Å². The minimum atomic E-state index is -1.21. The highest BCUT2D eigenvalue weighted by Crippen LogP contribution is 2.46. The summed E-state index contributed by atoms with van der Waals surface area (Å²) in [5, 5.41) is 11.7. The number of para-hydroxylation sites is 1. The molecule has 5 nitrogen and oxygen atoms in total. The van der Waals surface area contributed by atoms with Crippen molar-refractivity contribution in [1.82, 2.24) is 5.32 Å². The summed E-state index contributed by atoms with van der Waals surface area (Å²) in [5.74, 6) is -0.734. The molecule has 24 heavy (non-hydrogen) atoms. The summed E-state index contributed by atoms with van der Waals surface area (Å²) in [6.45, 7) is 0.558. The highest BCUT2D eigenvalue weighted by molar-refractivity contribution is 6.04. The highest BCUT2D eigenvalue weighted by atomic mass is 16.5. The predicted molar refractivity (Wildman–Crippen MR) is 89.7 cm³/mol. The standard InChI is InChI=1S/C19H19NO4/c21-17(19(10-11-19)18(22)23)20-12-13-24-16-9-5-4-8-15(16)14-6-2-1-3-7-14/h1-9H,10-13H2,(H,20,21)(H,22,23). The van der Waals surface area contributed by atoms with Crippen LogP contribution in [0.2, 0.25) is 0 Å². The third kappa shape index (κ3) is 3.25. The SMILES string of the molecule is O=C(O)C1(C(=O)NCCOc2ccccc2-c2ccccc2)CC1. The van der Waals surface area contributed by atoms with E-state index >= 15 is 0 Å². The lowest BCUT2D eigenvalue weighted by Crippen LogP contribution is -2.38. The molecule has 2 N–H and O–H groups in total. The molecule has 3 rings (SSSR count). The number of aliphatic carboxylic acids is 1. The maximum Gasteiger partial charge on any atom is 0.319 e. The Balaban J connectivity index is 1.56.